The molecule has 0 fully saturated rings. The number of carbonyl (C=O) groups excluding carboxylic acids is 1. The third kappa shape index (κ3) is 2.61. The van der Waals surface area contributed by atoms with Crippen LogP contribution in [0.1, 0.15) is 41.5 Å². The Morgan fingerprint density at radius 3 is 2.31 bits per heavy atom. The molecule has 1 aliphatic rings. The fourth-order valence-corrected chi connectivity index (χ4v) is 1.68. The Hall–Kier alpha value is -0.900. The molecule has 0 saturated carbocycles. The van der Waals surface area contributed by atoms with Gasteiger partial charge in [0.15, 0.2) is 0 Å². The van der Waals surface area contributed by atoms with E-state index >= 15 is 0 Å². The van der Waals surface area contributed by atoms with Crippen LogP contribution in [0.15, 0.2) is 4.99 Å². The normalized spacial score (nSPS) is 21.6. The summed E-state index contributed by atoms with van der Waals surface area (Å²) in [4.78, 5) is 16.1. The van der Waals surface area contributed by atoms with Gasteiger partial charge >= 0.3 is 0 Å². The predicted octanol–water partition coefficient (Wildman–Crippen LogP) is 1.74. The van der Waals surface area contributed by atoms with E-state index < -0.39 is 5.54 Å². The van der Waals surface area contributed by atoms with Gasteiger partial charge in [0.1, 0.15) is 17.5 Å². The van der Waals surface area contributed by atoms with Gasteiger partial charge in [-0.3, -0.25) is 9.79 Å². The van der Waals surface area contributed by atoms with Crippen molar-refractivity contribution in [3.05, 3.63) is 0 Å². The molecule has 0 bridgehead atoms. The molecule has 0 saturated heterocycles. The van der Waals surface area contributed by atoms with Crippen molar-refractivity contribution < 1.29 is 9.53 Å². The van der Waals surface area contributed by atoms with E-state index in [1.54, 1.807) is 13.8 Å². The van der Waals surface area contributed by atoms with Gasteiger partial charge in [-0.25, -0.2) is 0 Å². The predicted molar refractivity (Wildman–Crippen MR) is 64.5 cm³/mol. The van der Waals surface area contributed by atoms with Crippen LogP contribution >= 0.6 is 0 Å². The molecule has 1 N–H and O–H groups in total. The van der Waals surface area contributed by atoms with Crippen LogP contribution in [0.5, 0.6) is 0 Å². The number of nitrogens with one attached hydrogen (secondary N) is 1. The molecule has 1 heterocycles. The Balaban J connectivity index is 2.95. The molecule has 0 spiro atoms. The molecule has 1 amide bonds. The molecule has 0 aliphatic carbocycles. The van der Waals surface area contributed by atoms with Crippen molar-refractivity contribution in [1.29, 1.82) is 0 Å². The van der Waals surface area contributed by atoms with Crippen LogP contribution < -0.4 is 5.32 Å². The lowest BCUT2D eigenvalue weighted by atomic mass is 9.88. The van der Waals surface area contributed by atoms with Gasteiger partial charge < -0.3 is 10.1 Å². The Labute approximate surface area is 97.5 Å². The van der Waals surface area contributed by atoms with Gasteiger partial charge in [0.2, 0.25) is 0 Å². The number of nitrogens with zero attached hydrogens (tertiary/aromatic N) is 1. The molecule has 4 heteroatoms. The van der Waals surface area contributed by atoms with Crippen molar-refractivity contribution >= 4 is 11.7 Å². The first-order valence-electron chi connectivity index (χ1n) is 5.71. The van der Waals surface area contributed by atoms with E-state index in [4.69, 9.17) is 4.74 Å². The summed E-state index contributed by atoms with van der Waals surface area (Å²) in [5, 5.41) is 2.82. The van der Waals surface area contributed by atoms with E-state index in [0.29, 0.717) is 12.4 Å². The Morgan fingerprint density at radius 1 is 1.44 bits per heavy atom. The van der Waals surface area contributed by atoms with Crippen molar-refractivity contribution in [3.63, 3.8) is 0 Å². The van der Waals surface area contributed by atoms with Crippen molar-refractivity contribution in [1.82, 2.24) is 5.32 Å². The van der Waals surface area contributed by atoms with Crippen molar-refractivity contribution in [2.24, 2.45) is 10.4 Å². The standard InChI is InChI=1S/C12H22N2O2/c1-7-16-8(11(2,3)4)9-13-10(15)12(5,6)14-9/h8H,7H2,1-6H3,(H,13,14,15). The summed E-state index contributed by atoms with van der Waals surface area (Å²) in [6.07, 6.45) is -0.164. The van der Waals surface area contributed by atoms with E-state index in [1.807, 2.05) is 6.92 Å². The minimum Gasteiger partial charge on any atom is -0.370 e. The third-order valence-corrected chi connectivity index (χ3v) is 2.57. The lowest BCUT2D eigenvalue weighted by molar-refractivity contribution is -0.122. The summed E-state index contributed by atoms with van der Waals surface area (Å²) in [5.41, 5.74) is -0.752. The van der Waals surface area contributed by atoms with Crippen molar-refractivity contribution in [2.45, 2.75) is 53.2 Å². The molecular weight excluding hydrogens is 204 g/mol. The Bertz CT molecular complexity index is 313. The molecule has 1 rings (SSSR count). The number of hydrogen-bond acceptors (Lipinski definition) is 3. The molecule has 0 radical (unpaired) electrons. The second-order valence-electron chi connectivity index (χ2n) is 5.71. The average Bonchev–Trinajstić information content (AvgIpc) is 2.35. The molecule has 92 valence electrons. The largest absolute Gasteiger partial charge is 0.370 e. The Kier molecular flexibility index (Phi) is 3.43. The smallest absolute Gasteiger partial charge is 0.252 e. The maximum Gasteiger partial charge on any atom is 0.252 e. The van der Waals surface area contributed by atoms with Gasteiger partial charge in [-0.05, 0) is 26.2 Å². The molecule has 0 aromatic carbocycles. The summed E-state index contributed by atoms with van der Waals surface area (Å²) in [7, 11) is 0. The fraction of sp³-hybridized carbons (Fsp3) is 0.833. The second kappa shape index (κ2) is 4.17. The highest BCUT2D eigenvalue weighted by atomic mass is 16.5. The van der Waals surface area contributed by atoms with Crippen LogP contribution in [0.25, 0.3) is 0 Å². The topological polar surface area (TPSA) is 50.7 Å². The van der Waals surface area contributed by atoms with E-state index in [1.165, 1.54) is 0 Å². The van der Waals surface area contributed by atoms with Gasteiger partial charge in [-0.15, -0.1) is 0 Å². The molecule has 1 atom stereocenters. The van der Waals surface area contributed by atoms with E-state index in [0.717, 1.165) is 0 Å². The molecule has 0 aromatic rings. The number of rotatable bonds is 3. The molecule has 0 aromatic heterocycles. The van der Waals surface area contributed by atoms with Crippen molar-refractivity contribution in [3.8, 4) is 0 Å². The minimum absolute atomic E-state index is 0.0588. The summed E-state index contributed by atoms with van der Waals surface area (Å²) >= 11 is 0. The quantitative estimate of drug-likeness (QED) is 0.797. The van der Waals surface area contributed by atoms with Gasteiger partial charge in [0.25, 0.3) is 5.91 Å². The average molecular weight is 226 g/mol. The Morgan fingerprint density at radius 2 is 2.00 bits per heavy atom. The van der Waals surface area contributed by atoms with E-state index in [-0.39, 0.29) is 17.4 Å². The monoisotopic (exact) mass is 226 g/mol. The van der Waals surface area contributed by atoms with Crippen LogP contribution in [-0.4, -0.2) is 30.0 Å². The fourth-order valence-electron chi connectivity index (χ4n) is 1.68. The summed E-state index contributed by atoms with van der Waals surface area (Å²) in [6, 6.07) is 0. The number of aliphatic imine (C=N–C) groups is 1. The first-order valence-corrected chi connectivity index (χ1v) is 5.71. The molecule has 4 nitrogen and oxygen atoms in total. The first kappa shape index (κ1) is 13.2. The molecule has 1 unspecified atom stereocenters. The van der Waals surface area contributed by atoms with Crippen molar-refractivity contribution in [2.75, 3.05) is 6.61 Å². The van der Waals surface area contributed by atoms with Crippen LogP contribution in [-0.2, 0) is 9.53 Å². The zero-order chi connectivity index (χ0) is 12.6. The SMILES string of the molecule is CCOC(C1=NC(C)(C)C(=O)N1)C(C)(C)C. The second-order valence-corrected chi connectivity index (χ2v) is 5.71. The highest BCUT2D eigenvalue weighted by molar-refractivity contribution is 6.09. The molecule has 16 heavy (non-hydrogen) atoms. The van der Waals surface area contributed by atoms with Gasteiger partial charge in [0.05, 0.1) is 0 Å². The zero-order valence-corrected chi connectivity index (χ0v) is 11.0. The first-order chi connectivity index (χ1) is 7.18. The summed E-state index contributed by atoms with van der Waals surface area (Å²) in [6.45, 7) is 12.4. The summed E-state index contributed by atoms with van der Waals surface area (Å²) < 4.78 is 5.69. The van der Waals surface area contributed by atoms with Crippen LogP contribution in [0, 0.1) is 5.41 Å². The van der Waals surface area contributed by atoms with Crippen LogP contribution in [0.3, 0.4) is 0 Å². The number of ether oxygens (including phenoxy) is 1. The lowest BCUT2D eigenvalue weighted by Crippen LogP contribution is -2.44. The summed E-state index contributed by atoms with van der Waals surface area (Å²) in [5.74, 6) is 0.598. The van der Waals surface area contributed by atoms with Gasteiger partial charge in [-0.1, -0.05) is 20.8 Å². The third-order valence-electron chi connectivity index (χ3n) is 2.57. The minimum atomic E-state index is -0.671. The molecule has 1 aliphatic heterocycles. The lowest BCUT2D eigenvalue weighted by Gasteiger charge is -2.30. The number of carbonyl (C=O) groups is 1. The van der Waals surface area contributed by atoms with Gasteiger partial charge in [0, 0.05) is 6.61 Å². The number of amides is 1. The van der Waals surface area contributed by atoms with E-state index in [2.05, 4.69) is 31.1 Å². The van der Waals surface area contributed by atoms with Crippen LogP contribution in [0.2, 0.25) is 0 Å². The highest BCUT2D eigenvalue weighted by Gasteiger charge is 2.40. The highest BCUT2D eigenvalue weighted by Crippen LogP contribution is 2.26. The zero-order valence-electron chi connectivity index (χ0n) is 11.0. The number of hydrogen-bond donors (Lipinski definition) is 1. The van der Waals surface area contributed by atoms with Crippen LogP contribution in [0.4, 0.5) is 0 Å². The maximum atomic E-state index is 11.7. The van der Waals surface area contributed by atoms with Gasteiger partial charge in [-0.2, -0.15) is 0 Å². The number of amidine groups is 1. The molecular formula is C12H22N2O2. The maximum absolute atomic E-state index is 11.7. The van der Waals surface area contributed by atoms with E-state index in [9.17, 15) is 4.79 Å².